The fourth-order valence-corrected chi connectivity index (χ4v) is 10.1. The van der Waals surface area contributed by atoms with E-state index in [4.69, 9.17) is 4.74 Å². The average Bonchev–Trinajstić information content (AvgIpc) is 3.39. The number of carbonyl (C=O) groups is 2. The van der Waals surface area contributed by atoms with Crippen molar-refractivity contribution in [3.63, 3.8) is 0 Å². The second kappa shape index (κ2) is 62.6. The molecule has 2 unspecified atom stereocenters. The van der Waals surface area contributed by atoms with Crippen LogP contribution in [0.1, 0.15) is 354 Å². The van der Waals surface area contributed by atoms with Crippen LogP contribution in [0.4, 0.5) is 0 Å². The molecule has 0 aromatic rings. The molecule has 0 aromatic carbocycles. The Balaban J connectivity index is 3.40. The third-order valence-corrected chi connectivity index (χ3v) is 15.1. The number of esters is 1. The van der Waals surface area contributed by atoms with Gasteiger partial charge in [0, 0.05) is 12.8 Å². The summed E-state index contributed by atoms with van der Waals surface area (Å²) < 4.78 is 5.47. The molecular formula is C67H127NO5. The molecule has 0 aromatic heterocycles. The third-order valence-electron chi connectivity index (χ3n) is 15.1. The van der Waals surface area contributed by atoms with Crippen LogP contribution < -0.4 is 5.32 Å². The number of hydrogen-bond acceptors (Lipinski definition) is 5. The summed E-state index contributed by atoms with van der Waals surface area (Å²) in [6, 6.07) is -0.628. The van der Waals surface area contributed by atoms with Gasteiger partial charge in [-0.2, -0.15) is 0 Å². The topological polar surface area (TPSA) is 95.9 Å². The van der Waals surface area contributed by atoms with Crippen molar-refractivity contribution in [3.8, 4) is 0 Å². The summed E-state index contributed by atoms with van der Waals surface area (Å²) in [4.78, 5) is 24.5. The molecule has 0 aliphatic heterocycles. The Hall–Kier alpha value is -1.92. The number of rotatable bonds is 61. The molecule has 0 saturated carbocycles. The molecule has 0 saturated heterocycles. The number of hydrogen-bond donors (Lipinski definition) is 3. The zero-order valence-electron chi connectivity index (χ0n) is 49.1. The van der Waals surface area contributed by atoms with E-state index in [1.807, 2.05) is 6.08 Å². The number of unbranched alkanes of at least 4 members (excludes halogenated alkanes) is 46. The molecule has 0 bridgehead atoms. The van der Waals surface area contributed by atoms with E-state index in [-0.39, 0.29) is 18.5 Å². The number of allylic oxidation sites excluding steroid dienone is 5. The maximum atomic E-state index is 12.5. The van der Waals surface area contributed by atoms with Gasteiger partial charge in [0.05, 0.1) is 25.4 Å². The van der Waals surface area contributed by atoms with Gasteiger partial charge in [-0.25, -0.2) is 0 Å². The standard InChI is InChI=1S/C67H127NO5/c1-3-5-7-9-11-13-15-17-18-19-26-29-32-36-39-43-47-51-55-59-65(70)64(63-69)68-66(71)60-56-52-48-44-40-37-33-30-27-24-22-20-21-23-25-28-31-34-38-42-46-50-54-58-62-73-67(72)61-57-53-49-45-41-35-16-14-12-10-8-6-4-2/h8,10,14,16,55,59,64-65,69-70H,3-7,9,11-13,15,17-54,56-58,60-63H2,1-2H3,(H,68,71)/b10-8-,16-14-,59-55+. The highest BCUT2D eigenvalue weighted by Crippen LogP contribution is 2.18. The predicted octanol–water partition coefficient (Wildman–Crippen LogP) is 20.8. The van der Waals surface area contributed by atoms with Crippen molar-refractivity contribution < 1.29 is 24.5 Å². The molecule has 0 aliphatic rings. The lowest BCUT2D eigenvalue weighted by molar-refractivity contribution is -0.143. The van der Waals surface area contributed by atoms with Crippen molar-refractivity contribution in [2.75, 3.05) is 13.2 Å². The van der Waals surface area contributed by atoms with E-state index in [0.29, 0.717) is 19.4 Å². The predicted molar refractivity (Wildman–Crippen MR) is 319 cm³/mol. The van der Waals surface area contributed by atoms with Gasteiger partial charge in [0.15, 0.2) is 0 Å². The Morgan fingerprint density at radius 1 is 0.384 bits per heavy atom. The quantitative estimate of drug-likeness (QED) is 0.0320. The average molecular weight is 1030 g/mol. The van der Waals surface area contributed by atoms with Crippen molar-refractivity contribution in [2.24, 2.45) is 0 Å². The van der Waals surface area contributed by atoms with Crippen LogP contribution in [0.15, 0.2) is 36.5 Å². The molecule has 0 aliphatic carbocycles. The summed E-state index contributed by atoms with van der Waals surface area (Å²) in [6.07, 6.45) is 79.1. The molecule has 0 rings (SSSR count). The maximum absolute atomic E-state index is 12.5. The van der Waals surface area contributed by atoms with Crippen LogP contribution in [0.25, 0.3) is 0 Å². The third kappa shape index (κ3) is 59.2. The molecule has 430 valence electrons. The number of ether oxygens (including phenoxy) is 1. The Bertz CT molecular complexity index is 1180. The highest BCUT2D eigenvalue weighted by molar-refractivity contribution is 5.76. The minimum Gasteiger partial charge on any atom is -0.466 e. The second-order valence-corrected chi connectivity index (χ2v) is 22.5. The minimum absolute atomic E-state index is 0.000223. The first kappa shape index (κ1) is 71.1. The highest BCUT2D eigenvalue weighted by atomic mass is 16.5. The Morgan fingerprint density at radius 2 is 0.712 bits per heavy atom. The van der Waals surface area contributed by atoms with Gasteiger partial charge in [0.25, 0.3) is 0 Å². The first-order valence-electron chi connectivity index (χ1n) is 32.8. The van der Waals surface area contributed by atoms with Crippen molar-refractivity contribution in [1.82, 2.24) is 5.32 Å². The molecular weight excluding hydrogens is 899 g/mol. The van der Waals surface area contributed by atoms with Gasteiger partial charge in [-0.1, -0.05) is 320 Å². The van der Waals surface area contributed by atoms with E-state index in [1.165, 1.54) is 276 Å². The van der Waals surface area contributed by atoms with Crippen LogP contribution in [-0.2, 0) is 14.3 Å². The van der Waals surface area contributed by atoms with Gasteiger partial charge in [-0.05, 0) is 57.8 Å². The minimum atomic E-state index is -0.845. The summed E-state index contributed by atoms with van der Waals surface area (Å²) in [5.74, 6) is -0.0645. The monoisotopic (exact) mass is 1030 g/mol. The van der Waals surface area contributed by atoms with Crippen LogP contribution in [0.5, 0.6) is 0 Å². The molecule has 1 amide bonds. The largest absolute Gasteiger partial charge is 0.466 e. The van der Waals surface area contributed by atoms with Crippen molar-refractivity contribution in [2.45, 2.75) is 366 Å². The Morgan fingerprint density at radius 3 is 1.10 bits per heavy atom. The fourth-order valence-electron chi connectivity index (χ4n) is 10.1. The van der Waals surface area contributed by atoms with Crippen LogP contribution in [-0.4, -0.2) is 47.4 Å². The molecule has 73 heavy (non-hydrogen) atoms. The molecule has 0 fully saturated rings. The molecule has 2 atom stereocenters. The van der Waals surface area contributed by atoms with Gasteiger partial charge in [-0.15, -0.1) is 0 Å². The van der Waals surface area contributed by atoms with E-state index in [1.54, 1.807) is 6.08 Å². The Kier molecular flexibility index (Phi) is 61.0. The van der Waals surface area contributed by atoms with E-state index in [9.17, 15) is 19.8 Å². The highest BCUT2D eigenvalue weighted by Gasteiger charge is 2.18. The van der Waals surface area contributed by atoms with E-state index in [2.05, 4.69) is 43.5 Å². The van der Waals surface area contributed by atoms with Crippen LogP contribution in [0.3, 0.4) is 0 Å². The molecule has 6 heteroatoms. The number of aliphatic hydroxyl groups is 2. The lowest BCUT2D eigenvalue weighted by Gasteiger charge is -2.20. The van der Waals surface area contributed by atoms with Crippen LogP contribution in [0.2, 0.25) is 0 Å². The lowest BCUT2D eigenvalue weighted by Crippen LogP contribution is -2.45. The number of carbonyl (C=O) groups excluding carboxylic acids is 2. The summed E-state index contributed by atoms with van der Waals surface area (Å²) in [5, 5.41) is 23.2. The summed E-state index contributed by atoms with van der Waals surface area (Å²) in [6.45, 7) is 4.86. The van der Waals surface area contributed by atoms with E-state index < -0.39 is 12.1 Å². The van der Waals surface area contributed by atoms with Gasteiger partial charge in [-0.3, -0.25) is 9.59 Å². The molecule has 6 nitrogen and oxygen atoms in total. The first-order valence-corrected chi connectivity index (χ1v) is 32.8. The molecule has 0 spiro atoms. The summed E-state index contributed by atoms with van der Waals surface area (Å²) in [7, 11) is 0. The molecule has 0 heterocycles. The number of nitrogens with one attached hydrogen (secondary N) is 1. The second-order valence-electron chi connectivity index (χ2n) is 22.5. The van der Waals surface area contributed by atoms with Crippen molar-refractivity contribution in [1.29, 1.82) is 0 Å². The van der Waals surface area contributed by atoms with Gasteiger partial charge < -0.3 is 20.3 Å². The van der Waals surface area contributed by atoms with Crippen LogP contribution >= 0.6 is 0 Å². The number of amides is 1. The van der Waals surface area contributed by atoms with Crippen LogP contribution in [0, 0.1) is 0 Å². The summed E-state index contributed by atoms with van der Waals surface area (Å²) in [5.41, 5.74) is 0. The Labute approximate surface area is 455 Å². The number of aliphatic hydroxyl groups excluding tert-OH is 2. The normalized spacial score (nSPS) is 12.8. The fraction of sp³-hybridized carbons (Fsp3) is 0.881. The molecule has 0 radical (unpaired) electrons. The van der Waals surface area contributed by atoms with E-state index >= 15 is 0 Å². The van der Waals surface area contributed by atoms with Gasteiger partial charge in [0.1, 0.15) is 0 Å². The smallest absolute Gasteiger partial charge is 0.305 e. The van der Waals surface area contributed by atoms with Crippen molar-refractivity contribution >= 4 is 11.9 Å². The molecule has 3 N–H and O–H groups in total. The zero-order valence-corrected chi connectivity index (χ0v) is 49.1. The van der Waals surface area contributed by atoms with Gasteiger partial charge in [0.2, 0.25) is 5.91 Å². The van der Waals surface area contributed by atoms with Gasteiger partial charge >= 0.3 is 5.97 Å². The summed E-state index contributed by atoms with van der Waals surface area (Å²) >= 11 is 0. The first-order chi connectivity index (χ1) is 36.0. The SMILES string of the molecule is CCC/C=C\C/C=C\CCCCCCCC(=O)OCCCCCCCCCCCCCCCCCCCCCCCCCCC(=O)NC(CO)C(O)/C=C/CCCCCCCCCCCCCCCCCCC. The van der Waals surface area contributed by atoms with Crippen molar-refractivity contribution in [3.05, 3.63) is 36.5 Å². The van der Waals surface area contributed by atoms with E-state index in [0.717, 1.165) is 51.4 Å². The maximum Gasteiger partial charge on any atom is 0.305 e. The zero-order chi connectivity index (χ0) is 52.9. The lowest BCUT2D eigenvalue weighted by atomic mass is 10.0.